The maximum absolute atomic E-state index is 11.9. The van der Waals surface area contributed by atoms with Gasteiger partial charge in [0, 0.05) is 17.9 Å². The Hall–Kier alpha value is -1.80. The van der Waals surface area contributed by atoms with Crippen molar-refractivity contribution >= 4 is 46.7 Å². The van der Waals surface area contributed by atoms with Crippen LogP contribution in [0, 0.1) is 0 Å². The Kier molecular flexibility index (Phi) is 4.15. The first-order valence-corrected chi connectivity index (χ1v) is 6.55. The molecule has 3 rings (SSSR count). The zero-order chi connectivity index (χ0) is 13.4. The van der Waals surface area contributed by atoms with Gasteiger partial charge in [0.2, 0.25) is 12.7 Å². The van der Waals surface area contributed by atoms with E-state index in [9.17, 15) is 9.59 Å². The van der Waals surface area contributed by atoms with Crippen molar-refractivity contribution in [1.82, 2.24) is 5.32 Å². The Morgan fingerprint density at radius 1 is 1.40 bits per heavy atom. The minimum absolute atomic E-state index is 0. The van der Waals surface area contributed by atoms with Crippen LogP contribution in [0.5, 0.6) is 11.5 Å². The second kappa shape index (κ2) is 5.68. The smallest absolute Gasteiger partial charge is 0.279 e. The predicted molar refractivity (Wildman–Crippen MR) is 77.6 cm³/mol. The van der Waals surface area contributed by atoms with Crippen LogP contribution in [0.1, 0.15) is 0 Å². The largest absolute Gasteiger partial charge is 0.454 e. The number of thioether (sulfide) groups is 1. The SMILES string of the molecule is Cl.Nc1cc2c(cc1NC(=O)[C@@H]1CSC(=O)N1)OCO2. The maximum atomic E-state index is 11.9. The molecule has 2 amide bonds. The lowest BCUT2D eigenvalue weighted by Gasteiger charge is -2.12. The summed E-state index contributed by atoms with van der Waals surface area (Å²) in [6.07, 6.45) is 0. The first kappa shape index (κ1) is 14.6. The van der Waals surface area contributed by atoms with Crippen LogP contribution in [0.15, 0.2) is 12.1 Å². The van der Waals surface area contributed by atoms with E-state index >= 15 is 0 Å². The van der Waals surface area contributed by atoms with Gasteiger partial charge < -0.3 is 25.8 Å². The number of hydrogen-bond donors (Lipinski definition) is 3. The first-order valence-electron chi connectivity index (χ1n) is 5.57. The minimum atomic E-state index is -0.540. The van der Waals surface area contributed by atoms with Crippen molar-refractivity contribution < 1.29 is 19.1 Å². The normalized spacial score (nSPS) is 19.2. The average molecular weight is 318 g/mol. The highest BCUT2D eigenvalue weighted by atomic mass is 35.5. The molecule has 9 heteroatoms. The number of carbonyl (C=O) groups is 2. The van der Waals surface area contributed by atoms with E-state index in [4.69, 9.17) is 15.2 Å². The van der Waals surface area contributed by atoms with Gasteiger partial charge in [-0.1, -0.05) is 11.8 Å². The van der Waals surface area contributed by atoms with Crippen molar-refractivity contribution in [1.29, 1.82) is 0 Å². The summed E-state index contributed by atoms with van der Waals surface area (Å²) in [6.45, 7) is 0.140. The lowest BCUT2D eigenvalue weighted by molar-refractivity contribution is -0.117. The van der Waals surface area contributed by atoms with Gasteiger partial charge in [-0.25, -0.2) is 0 Å². The third kappa shape index (κ3) is 2.70. The Balaban J connectivity index is 0.00000147. The predicted octanol–water partition coefficient (Wildman–Crippen LogP) is 1.18. The van der Waals surface area contributed by atoms with Crippen molar-refractivity contribution in [3.8, 4) is 11.5 Å². The van der Waals surface area contributed by atoms with E-state index in [0.717, 1.165) is 11.8 Å². The van der Waals surface area contributed by atoms with Crippen LogP contribution >= 0.6 is 24.2 Å². The maximum Gasteiger partial charge on any atom is 0.279 e. The molecule has 0 bridgehead atoms. The number of benzene rings is 1. The molecule has 0 unspecified atom stereocenters. The van der Waals surface area contributed by atoms with Crippen LogP contribution in [0.4, 0.5) is 16.2 Å². The van der Waals surface area contributed by atoms with Gasteiger partial charge in [0.15, 0.2) is 11.5 Å². The van der Waals surface area contributed by atoms with E-state index < -0.39 is 6.04 Å². The number of halogens is 1. The van der Waals surface area contributed by atoms with Crippen molar-refractivity contribution in [3.05, 3.63) is 12.1 Å². The van der Waals surface area contributed by atoms with E-state index in [0.29, 0.717) is 28.6 Å². The van der Waals surface area contributed by atoms with Crippen molar-refractivity contribution in [2.24, 2.45) is 0 Å². The van der Waals surface area contributed by atoms with Crippen LogP contribution in [-0.4, -0.2) is 29.7 Å². The Morgan fingerprint density at radius 2 is 2.10 bits per heavy atom. The number of nitrogens with two attached hydrogens (primary N) is 1. The van der Waals surface area contributed by atoms with E-state index in [1.54, 1.807) is 12.1 Å². The molecule has 1 saturated heterocycles. The summed E-state index contributed by atoms with van der Waals surface area (Å²) in [4.78, 5) is 23.0. The number of nitrogen functional groups attached to an aromatic ring is 1. The second-order valence-electron chi connectivity index (χ2n) is 4.08. The molecule has 0 spiro atoms. The number of fused-ring (bicyclic) bond motifs is 1. The number of nitrogens with one attached hydrogen (secondary N) is 2. The minimum Gasteiger partial charge on any atom is -0.454 e. The fourth-order valence-corrected chi connectivity index (χ4v) is 2.59. The first-order chi connectivity index (χ1) is 9.13. The molecule has 0 aliphatic carbocycles. The molecular weight excluding hydrogens is 306 g/mol. The van der Waals surface area contributed by atoms with E-state index in [1.165, 1.54) is 0 Å². The summed E-state index contributed by atoms with van der Waals surface area (Å²) in [5.41, 5.74) is 6.65. The Morgan fingerprint density at radius 3 is 2.75 bits per heavy atom. The van der Waals surface area contributed by atoms with Gasteiger partial charge in [-0.3, -0.25) is 9.59 Å². The van der Waals surface area contributed by atoms with E-state index in [2.05, 4.69) is 10.6 Å². The standard InChI is InChI=1S/C11H11N3O4S.ClH/c12-5-1-8-9(18-4-17-8)2-6(5)13-10(15)7-3-19-11(16)14-7;/h1-2,7H,3-4,12H2,(H,13,15)(H,14,16);1H/t7-;/m0./s1. The van der Waals surface area contributed by atoms with Crippen LogP contribution in [0.25, 0.3) is 0 Å². The number of carbonyl (C=O) groups excluding carboxylic acids is 2. The molecule has 108 valence electrons. The molecule has 2 aliphatic rings. The van der Waals surface area contributed by atoms with Gasteiger partial charge in [0.1, 0.15) is 6.04 Å². The van der Waals surface area contributed by atoms with Crippen LogP contribution in [-0.2, 0) is 4.79 Å². The van der Waals surface area contributed by atoms with Crippen molar-refractivity contribution in [2.75, 3.05) is 23.6 Å². The average Bonchev–Trinajstić information content (AvgIpc) is 2.98. The van der Waals surface area contributed by atoms with Crippen LogP contribution < -0.4 is 25.8 Å². The summed E-state index contributed by atoms with van der Waals surface area (Å²) >= 11 is 1.08. The molecule has 1 aromatic rings. The molecule has 2 heterocycles. The van der Waals surface area contributed by atoms with Gasteiger partial charge in [-0.05, 0) is 0 Å². The summed E-state index contributed by atoms with van der Waals surface area (Å²) < 4.78 is 10.4. The lowest BCUT2D eigenvalue weighted by atomic mass is 10.2. The van der Waals surface area contributed by atoms with Crippen molar-refractivity contribution in [2.45, 2.75) is 6.04 Å². The quantitative estimate of drug-likeness (QED) is 0.708. The molecule has 1 fully saturated rings. The summed E-state index contributed by atoms with van der Waals surface area (Å²) in [5.74, 6) is 1.20. The molecular formula is C11H12ClN3O4S. The fourth-order valence-electron chi connectivity index (χ4n) is 1.81. The Labute approximate surface area is 125 Å². The number of rotatable bonds is 2. The molecule has 0 saturated carbocycles. The van der Waals surface area contributed by atoms with E-state index in [1.807, 2.05) is 0 Å². The van der Waals surface area contributed by atoms with Gasteiger partial charge in [0.05, 0.1) is 11.4 Å². The number of anilines is 2. The van der Waals surface area contributed by atoms with Gasteiger partial charge in [-0.15, -0.1) is 12.4 Å². The highest BCUT2D eigenvalue weighted by Crippen LogP contribution is 2.38. The third-order valence-corrected chi connectivity index (χ3v) is 3.67. The molecule has 4 N–H and O–H groups in total. The molecule has 0 aromatic heterocycles. The summed E-state index contributed by atoms with van der Waals surface area (Å²) in [7, 11) is 0. The number of ether oxygens (including phenoxy) is 2. The van der Waals surface area contributed by atoms with Crippen LogP contribution in [0.3, 0.4) is 0 Å². The summed E-state index contributed by atoms with van der Waals surface area (Å²) in [6, 6.07) is 2.67. The van der Waals surface area contributed by atoms with Gasteiger partial charge >= 0.3 is 0 Å². The zero-order valence-electron chi connectivity index (χ0n) is 10.2. The zero-order valence-corrected chi connectivity index (χ0v) is 11.8. The summed E-state index contributed by atoms with van der Waals surface area (Å²) in [5, 5.41) is 5.04. The highest BCUT2D eigenvalue weighted by Gasteiger charge is 2.28. The topological polar surface area (TPSA) is 103 Å². The molecule has 1 aromatic carbocycles. The molecule has 20 heavy (non-hydrogen) atoms. The molecule has 1 atom stereocenters. The number of hydrogen-bond acceptors (Lipinski definition) is 6. The fraction of sp³-hybridized carbons (Fsp3) is 0.273. The monoisotopic (exact) mass is 317 g/mol. The second-order valence-corrected chi connectivity index (χ2v) is 5.07. The molecule has 7 nitrogen and oxygen atoms in total. The van der Waals surface area contributed by atoms with Crippen LogP contribution in [0.2, 0.25) is 0 Å². The number of amides is 2. The van der Waals surface area contributed by atoms with E-state index in [-0.39, 0.29) is 30.3 Å². The lowest BCUT2D eigenvalue weighted by Crippen LogP contribution is -2.38. The third-order valence-electron chi connectivity index (χ3n) is 2.79. The highest BCUT2D eigenvalue weighted by molar-refractivity contribution is 8.14. The Bertz CT molecular complexity index is 569. The van der Waals surface area contributed by atoms with Gasteiger partial charge in [-0.2, -0.15) is 0 Å². The van der Waals surface area contributed by atoms with Crippen molar-refractivity contribution in [3.63, 3.8) is 0 Å². The molecule has 0 radical (unpaired) electrons. The van der Waals surface area contributed by atoms with Gasteiger partial charge in [0.25, 0.3) is 5.24 Å². The molecule has 2 aliphatic heterocycles.